The van der Waals surface area contributed by atoms with Crippen molar-refractivity contribution in [1.29, 1.82) is 0 Å². The summed E-state index contributed by atoms with van der Waals surface area (Å²) in [5.74, 6) is -0.0451. The van der Waals surface area contributed by atoms with Crippen LogP contribution in [0, 0.1) is 18.7 Å². The molecule has 0 fully saturated rings. The van der Waals surface area contributed by atoms with Crippen LogP contribution >= 0.6 is 11.6 Å². The van der Waals surface area contributed by atoms with Crippen molar-refractivity contribution in [2.75, 3.05) is 6.54 Å². The average Bonchev–Trinajstić information content (AvgIpc) is 2.44. The second-order valence-electron chi connectivity index (χ2n) is 5.18. The summed E-state index contributed by atoms with van der Waals surface area (Å²) in [4.78, 5) is 0. The molecular weight excluding hydrogens is 273 g/mol. The van der Waals surface area contributed by atoms with Crippen molar-refractivity contribution in [3.8, 4) is 0 Å². The summed E-state index contributed by atoms with van der Waals surface area (Å²) in [5, 5.41) is 0.175. The van der Waals surface area contributed by atoms with E-state index in [-0.39, 0.29) is 10.8 Å². The van der Waals surface area contributed by atoms with Gasteiger partial charge in [-0.25, -0.2) is 4.39 Å². The maximum Gasteiger partial charge on any atom is 0.141 e. The predicted octanol–water partition coefficient (Wildman–Crippen LogP) is 4.15. The highest BCUT2D eigenvalue weighted by Crippen LogP contribution is 2.20. The Morgan fingerprint density at radius 2 is 1.90 bits per heavy atom. The Kier molecular flexibility index (Phi) is 5.16. The molecule has 106 valence electrons. The van der Waals surface area contributed by atoms with Crippen molar-refractivity contribution >= 4 is 11.6 Å². The highest BCUT2D eigenvalue weighted by atomic mass is 35.5. The van der Waals surface area contributed by atoms with Crippen molar-refractivity contribution in [3.63, 3.8) is 0 Å². The molecule has 0 aliphatic carbocycles. The molecule has 0 aliphatic rings. The molecule has 2 aromatic rings. The Morgan fingerprint density at radius 3 is 2.55 bits per heavy atom. The summed E-state index contributed by atoms with van der Waals surface area (Å²) in [6.07, 6.45) is 1.74. The van der Waals surface area contributed by atoms with Crippen molar-refractivity contribution < 1.29 is 4.39 Å². The molecule has 0 bridgehead atoms. The topological polar surface area (TPSA) is 26.0 Å². The van der Waals surface area contributed by atoms with E-state index in [0.29, 0.717) is 12.5 Å². The Morgan fingerprint density at radius 1 is 1.15 bits per heavy atom. The molecule has 3 heteroatoms. The fraction of sp³-hybridized carbons (Fsp3) is 0.294. The van der Waals surface area contributed by atoms with Crippen LogP contribution in [0.5, 0.6) is 0 Å². The van der Waals surface area contributed by atoms with Gasteiger partial charge in [0, 0.05) is 0 Å². The number of rotatable bonds is 5. The Labute approximate surface area is 124 Å². The largest absolute Gasteiger partial charge is 0.330 e. The maximum absolute atomic E-state index is 13.2. The van der Waals surface area contributed by atoms with Gasteiger partial charge in [0.2, 0.25) is 0 Å². The molecule has 20 heavy (non-hydrogen) atoms. The second-order valence-corrected chi connectivity index (χ2v) is 5.59. The quantitative estimate of drug-likeness (QED) is 0.880. The van der Waals surface area contributed by atoms with Crippen LogP contribution in [0.15, 0.2) is 42.5 Å². The van der Waals surface area contributed by atoms with Gasteiger partial charge in [-0.05, 0) is 61.1 Å². The number of aryl methyl sites for hydroxylation is 1. The van der Waals surface area contributed by atoms with Crippen molar-refractivity contribution in [2.24, 2.45) is 11.7 Å². The molecule has 1 nitrogen and oxygen atoms in total. The first-order valence-electron chi connectivity index (χ1n) is 6.78. The van der Waals surface area contributed by atoms with Gasteiger partial charge >= 0.3 is 0 Å². The number of halogens is 2. The van der Waals surface area contributed by atoms with E-state index in [1.165, 1.54) is 17.2 Å². The minimum Gasteiger partial charge on any atom is -0.330 e. The first-order valence-corrected chi connectivity index (χ1v) is 7.16. The molecule has 2 aromatic carbocycles. The van der Waals surface area contributed by atoms with Gasteiger partial charge in [0.25, 0.3) is 0 Å². The van der Waals surface area contributed by atoms with Gasteiger partial charge in [0.1, 0.15) is 5.82 Å². The van der Waals surface area contributed by atoms with E-state index in [0.717, 1.165) is 18.4 Å². The van der Waals surface area contributed by atoms with E-state index >= 15 is 0 Å². The van der Waals surface area contributed by atoms with E-state index in [2.05, 4.69) is 19.1 Å². The molecule has 0 heterocycles. The van der Waals surface area contributed by atoms with Crippen molar-refractivity contribution in [1.82, 2.24) is 0 Å². The molecule has 0 aromatic heterocycles. The minimum absolute atomic E-state index is 0.175. The monoisotopic (exact) mass is 291 g/mol. The standard InChI is InChI=1S/C17H19ClFN/c1-12-4-2-3-5-15(12)9-14(11-20)8-13-6-7-17(19)16(18)10-13/h2-7,10,14H,8-9,11,20H2,1H3. The number of benzene rings is 2. The summed E-state index contributed by atoms with van der Waals surface area (Å²) < 4.78 is 13.2. The van der Waals surface area contributed by atoms with Crippen LogP contribution in [-0.2, 0) is 12.8 Å². The van der Waals surface area contributed by atoms with Crippen LogP contribution in [0.25, 0.3) is 0 Å². The summed E-state index contributed by atoms with van der Waals surface area (Å²) >= 11 is 5.82. The van der Waals surface area contributed by atoms with Gasteiger partial charge < -0.3 is 5.73 Å². The molecule has 1 unspecified atom stereocenters. The first kappa shape index (κ1) is 15.0. The molecule has 1 atom stereocenters. The summed E-state index contributed by atoms with van der Waals surface area (Å²) in [6.45, 7) is 2.71. The van der Waals surface area contributed by atoms with Crippen LogP contribution in [0.2, 0.25) is 5.02 Å². The highest BCUT2D eigenvalue weighted by molar-refractivity contribution is 6.30. The van der Waals surface area contributed by atoms with Gasteiger partial charge in [-0.15, -0.1) is 0 Å². The smallest absolute Gasteiger partial charge is 0.141 e. The molecule has 0 spiro atoms. The van der Waals surface area contributed by atoms with E-state index < -0.39 is 0 Å². The van der Waals surface area contributed by atoms with Gasteiger partial charge in [-0.1, -0.05) is 41.9 Å². The first-order chi connectivity index (χ1) is 9.60. The van der Waals surface area contributed by atoms with Crippen LogP contribution in [0.4, 0.5) is 4.39 Å². The third kappa shape index (κ3) is 3.81. The molecule has 0 saturated carbocycles. The number of hydrogen-bond acceptors (Lipinski definition) is 1. The number of hydrogen-bond donors (Lipinski definition) is 1. The minimum atomic E-state index is -0.376. The molecular formula is C17H19ClFN. The molecule has 0 amide bonds. The zero-order valence-corrected chi connectivity index (χ0v) is 12.3. The average molecular weight is 292 g/mol. The van der Waals surface area contributed by atoms with Gasteiger partial charge in [0.05, 0.1) is 5.02 Å². The zero-order chi connectivity index (χ0) is 14.5. The lowest BCUT2D eigenvalue weighted by Gasteiger charge is -2.16. The van der Waals surface area contributed by atoms with E-state index in [4.69, 9.17) is 17.3 Å². The van der Waals surface area contributed by atoms with Crippen LogP contribution in [0.1, 0.15) is 16.7 Å². The lowest BCUT2D eigenvalue weighted by molar-refractivity contribution is 0.531. The number of nitrogens with two attached hydrogens (primary N) is 1. The second kappa shape index (κ2) is 6.87. The van der Waals surface area contributed by atoms with Gasteiger partial charge in [-0.2, -0.15) is 0 Å². The lowest BCUT2D eigenvalue weighted by atomic mass is 9.91. The Bertz CT molecular complexity index is 583. The molecule has 2 N–H and O–H groups in total. The summed E-state index contributed by atoms with van der Waals surface area (Å²) in [7, 11) is 0. The van der Waals surface area contributed by atoms with Crippen LogP contribution in [-0.4, -0.2) is 6.54 Å². The van der Waals surface area contributed by atoms with Crippen LogP contribution in [0.3, 0.4) is 0 Å². The highest BCUT2D eigenvalue weighted by Gasteiger charge is 2.11. The summed E-state index contributed by atoms with van der Waals surface area (Å²) in [6, 6.07) is 13.2. The normalized spacial score (nSPS) is 12.4. The summed E-state index contributed by atoms with van der Waals surface area (Å²) in [5.41, 5.74) is 9.50. The fourth-order valence-corrected chi connectivity index (χ4v) is 2.59. The Balaban J connectivity index is 2.09. The zero-order valence-electron chi connectivity index (χ0n) is 11.6. The third-order valence-electron chi connectivity index (χ3n) is 3.61. The Hall–Kier alpha value is -1.38. The molecule has 0 aliphatic heterocycles. The van der Waals surface area contributed by atoms with Gasteiger partial charge in [-0.3, -0.25) is 0 Å². The molecule has 0 radical (unpaired) electrons. The van der Waals surface area contributed by atoms with Crippen molar-refractivity contribution in [2.45, 2.75) is 19.8 Å². The van der Waals surface area contributed by atoms with Crippen LogP contribution < -0.4 is 5.73 Å². The van der Waals surface area contributed by atoms with Gasteiger partial charge in [0.15, 0.2) is 0 Å². The maximum atomic E-state index is 13.2. The fourth-order valence-electron chi connectivity index (χ4n) is 2.39. The molecule has 0 saturated heterocycles. The van der Waals surface area contributed by atoms with E-state index in [1.807, 2.05) is 12.1 Å². The van der Waals surface area contributed by atoms with E-state index in [1.54, 1.807) is 12.1 Å². The van der Waals surface area contributed by atoms with E-state index in [9.17, 15) is 4.39 Å². The SMILES string of the molecule is Cc1ccccc1CC(CN)Cc1ccc(F)c(Cl)c1. The third-order valence-corrected chi connectivity index (χ3v) is 3.90. The molecule has 2 rings (SSSR count). The predicted molar refractivity (Wildman–Crippen MR) is 82.5 cm³/mol. The van der Waals surface area contributed by atoms with Crippen molar-refractivity contribution in [3.05, 3.63) is 70.0 Å². The lowest BCUT2D eigenvalue weighted by Crippen LogP contribution is -2.19.